The number of rotatable bonds is 2. The Morgan fingerprint density at radius 3 is 2.40 bits per heavy atom. The molecule has 2 aromatic carbocycles. The second kappa shape index (κ2) is 6.44. The van der Waals surface area contributed by atoms with Gasteiger partial charge in [-0.3, -0.25) is 25.2 Å². The average molecular weight is 338 g/mol. The van der Waals surface area contributed by atoms with Crippen LogP contribution in [0.1, 0.15) is 20.8 Å². The first-order chi connectivity index (χ1) is 12.0. The van der Waals surface area contributed by atoms with Gasteiger partial charge in [0.2, 0.25) is 0 Å². The first-order valence-electron chi connectivity index (χ1n) is 7.33. The smallest absolute Gasteiger partial charge is 0.290 e. The summed E-state index contributed by atoms with van der Waals surface area (Å²) in [5.74, 6) is -1.33. The van der Waals surface area contributed by atoms with Crippen molar-refractivity contribution < 1.29 is 14.7 Å². The summed E-state index contributed by atoms with van der Waals surface area (Å²) in [5, 5.41) is 14.1. The Hall–Kier alpha value is -3.68. The fourth-order valence-corrected chi connectivity index (χ4v) is 2.36. The number of carbonyl (C=O) groups excluding carboxylic acids is 2. The number of amides is 2. The number of aromatic hydroxyl groups is 1. The number of fused-ring (bicyclic) bond motifs is 1. The Morgan fingerprint density at radius 2 is 1.68 bits per heavy atom. The molecule has 0 bridgehead atoms. The monoisotopic (exact) mass is 338 g/mol. The maximum Gasteiger partial charge on any atom is 0.290 e. The molecule has 8 nitrogen and oxygen atoms in total. The minimum Gasteiger partial charge on any atom is -0.508 e. The number of hydrogen-bond donors (Lipinski definition) is 3. The van der Waals surface area contributed by atoms with Crippen LogP contribution in [0.4, 0.5) is 0 Å². The Kier molecular flexibility index (Phi) is 4.17. The van der Waals surface area contributed by atoms with Crippen LogP contribution in [0.3, 0.4) is 0 Å². The van der Waals surface area contributed by atoms with Crippen LogP contribution in [0.15, 0.2) is 53.3 Å². The third-order valence-electron chi connectivity index (χ3n) is 3.57. The number of phenols is 1. The van der Waals surface area contributed by atoms with E-state index in [9.17, 15) is 19.5 Å². The standard InChI is InChI=1S/C17H14N4O4/c1-21-17(25)13-8-3-2-7-12(13)14(20-21)16(24)19-18-15(23)10-5-4-6-11(22)9-10/h2-9,22H,1H3,(H,18,23)(H,19,24). The lowest BCUT2D eigenvalue weighted by molar-refractivity contribution is 0.0843. The second-order valence-electron chi connectivity index (χ2n) is 5.28. The fourth-order valence-electron chi connectivity index (χ4n) is 2.36. The van der Waals surface area contributed by atoms with Crippen LogP contribution in [0, 0.1) is 0 Å². The van der Waals surface area contributed by atoms with Crippen molar-refractivity contribution in [2.45, 2.75) is 0 Å². The van der Waals surface area contributed by atoms with Crippen molar-refractivity contribution in [1.82, 2.24) is 20.6 Å². The van der Waals surface area contributed by atoms with Crippen molar-refractivity contribution in [2.24, 2.45) is 7.05 Å². The molecule has 0 aliphatic carbocycles. The Bertz CT molecular complexity index is 1040. The lowest BCUT2D eigenvalue weighted by Gasteiger charge is -2.10. The molecule has 0 saturated heterocycles. The molecule has 3 rings (SSSR count). The molecule has 0 aliphatic rings. The highest BCUT2D eigenvalue weighted by atomic mass is 16.3. The van der Waals surface area contributed by atoms with Gasteiger partial charge >= 0.3 is 0 Å². The van der Waals surface area contributed by atoms with Crippen LogP contribution in [0.5, 0.6) is 5.75 Å². The van der Waals surface area contributed by atoms with E-state index in [0.717, 1.165) is 4.68 Å². The van der Waals surface area contributed by atoms with Crippen molar-refractivity contribution in [2.75, 3.05) is 0 Å². The van der Waals surface area contributed by atoms with Gasteiger partial charge in [-0.15, -0.1) is 0 Å². The minimum absolute atomic E-state index is 0.00825. The van der Waals surface area contributed by atoms with Gasteiger partial charge < -0.3 is 5.11 Å². The van der Waals surface area contributed by atoms with Gasteiger partial charge in [0.05, 0.1) is 5.39 Å². The Morgan fingerprint density at radius 1 is 1.00 bits per heavy atom. The van der Waals surface area contributed by atoms with Gasteiger partial charge in [-0.1, -0.05) is 24.3 Å². The predicted molar refractivity (Wildman–Crippen MR) is 90.0 cm³/mol. The zero-order valence-electron chi connectivity index (χ0n) is 13.2. The fraction of sp³-hybridized carbons (Fsp3) is 0.0588. The van der Waals surface area contributed by atoms with Crippen molar-refractivity contribution >= 4 is 22.6 Å². The molecule has 0 unspecified atom stereocenters. The summed E-state index contributed by atoms with van der Waals surface area (Å²) in [7, 11) is 1.44. The molecule has 1 heterocycles. The summed E-state index contributed by atoms with van der Waals surface area (Å²) in [6.07, 6.45) is 0. The lowest BCUT2D eigenvalue weighted by Crippen LogP contribution is -2.42. The Balaban J connectivity index is 1.85. The molecule has 25 heavy (non-hydrogen) atoms. The van der Waals surface area contributed by atoms with Crippen LogP contribution in [0.2, 0.25) is 0 Å². The number of benzene rings is 2. The highest BCUT2D eigenvalue weighted by Crippen LogP contribution is 2.13. The van der Waals surface area contributed by atoms with E-state index in [1.807, 2.05) is 0 Å². The third kappa shape index (κ3) is 3.18. The van der Waals surface area contributed by atoms with E-state index in [4.69, 9.17) is 0 Å². The van der Waals surface area contributed by atoms with Gasteiger partial charge in [0, 0.05) is 18.0 Å². The quantitative estimate of drug-likeness (QED) is 0.596. The van der Waals surface area contributed by atoms with Gasteiger partial charge in [-0.2, -0.15) is 5.10 Å². The van der Waals surface area contributed by atoms with Crippen LogP contribution in [0.25, 0.3) is 10.8 Å². The van der Waals surface area contributed by atoms with E-state index in [2.05, 4.69) is 16.0 Å². The maximum absolute atomic E-state index is 12.4. The highest BCUT2D eigenvalue weighted by molar-refractivity contribution is 6.06. The molecule has 126 valence electrons. The summed E-state index contributed by atoms with van der Waals surface area (Å²) in [4.78, 5) is 36.4. The van der Waals surface area contributed by atoms with Crippen molar-refractivity contribution in [3.63, 3.8) is 0 Å². The van der Waals surface area contributed by atoms with Crippen LogP contribution in [-0.4, -0.2) is 26.7 Å². The molecule has 0 atom stereocenters. The van der Waals surface area contributed by atoms with Gasteiger partial charge in [0.15, 0.2) is 5.69 Å². The molecule has 2 amide bonds. The average Bonchev–Trinajstić information content (AvgIpc) is 2.62. The molecule has 0 spiro atoms. The largest absolute Gasteiger partial charge is 0.508 e. The summed E-state index contributed by atoms with van der Waals surface area (Å²) in [5.41, 5.74) is 4.37. The number of aryl methyl sites for hydroxylation is 1. The summed E-state index contributed by atoms with van der Waals surface area (Å²) >= 11 is 0. The van der Waals surface area contributed by atoms with E-state index in [0.29, 0.717) is 10.8 Å². The molecule has 3 aromatic rings. The van der Waals surface area contributed by atoms with E-state index in [-0.39, 0.29) is 22.6 Å². The van der Waals surface area contributed by atoms with Crippen LogP contribution < -0.4 is 16.4 Å². The first kappa shape index (κ1) is 16.2. The van der Waals surface area contributed by atoms with Crippen molar-refractivity contribution in [3.05, 3.63) is 70.1 Å². The second-order valence-corrected chi connectivity index (χ2v) is 5.28. The molecule has 1 aromatic heterocycles. The molecular formula is C17H14N4O4. The third-order valence-corrected chi connectivity index (χ3v) is 3.57. The van der Waals surface area contributed by atoms with Gasteiger partial charge in [0.25, 0.3) is 17.4 Å². The molecule has 0 radical (unpaired) electrons. The van der Waals surface area contributed by atoms with E-state index >= 15 is 0 Å². The number of aromatic nitrogens is 2. The molecule has 3 N–H and O–H groups in total. The summed E-state index contributed by atoms with van der Waals surface area (Å²) < 4.78 is 1.06. The number of phenolic OH excluding ortho intramolecular Hbond substituents is 1. The van der Waals surface area contributed by atoms with Gasteiger partial charge in [0.1, 0.15) is 5.75 Å². The topological polar surface area (TPSA) is 113 Å². The number of hydrogen-bond acceptors (Lipinski definition) is 5. The van der Waals surface area contributed by atoms with Crippen LogP contribution in [-0.2, 0) is 7.05 Å². The first-order valence-corrected chi connectivity index (χ1v) is 7.33. The normalized spacial score (nSPS) is 10.4. The number of nitrogens with zero attached hydrogens (tertiary/aromatic N) is 2. The van der Waals surface area contributed by atoms with Crippen molar-refractivity contribution in [1.29, 1.82) is 0 Å². The summed E-state index contributed by atoms with van der Waals surface area (Å²) in [6.45, 7) is 0. The maximum atomic E-state index is 12.4. The predicted octanol–water partition coefficient (Wildman–Crippen LogP) is 0.714. The zero-order chi connectivity index (χ0) is 18.0. The molecular weight excluding hydrogens is 324 g/mol. The number of carbonyl (C=O) groups is 2. The highest BCUT2D eigenvalue weighted by Gasteiger charge is 2.16. The number of nitrogens with one attached hydrogen (secondary N) is 2. The van der Waals surface area contributed by atoms with Gasteiger partial charge in [-0.05, 0) is 24.3 Å². The van der Waals surface area contributed by atoms with Crippen molar-refractivity contribution in [3.8, 4) is 5.75 Å². The molecule has 0 aliphatic heterocycles. The minimum atomic E-state index is -0.666. The zero-order valence-corrected chi connectivity index (χ0v) is 13.2. The molecule has 0 fully saturated rings. The van der Waals surface area contributed by atoms with E-state index in [1.165, 1.54) is 31.3 Å². The van der Waals surface area contributed by atoms with E-state index < -0.39 is 11.8 Å². The Labute approximate surface area is 141 Å². The summed E-state index contributed by atoms with van der Waals surface area (Å²) in [6, 6.07) is 12.3. The molecule has 0 saturated carbocycles. The van der Waals surface area contributed by atoms with E-state index in [1.54, 1.807) is 24.3 Å². The van der Waals surface area contributed by atoms with Gasteiger partial charge in [-0.25, -0.2) is 4.68 Å². The van der Waals surface area contributed by atoms with Crippen LogP contribution >= 0.6 is 0 Å². The lowest BCUT2D eigenvalue weighted by atomic mass is 10.1. The number of hydrazine groups is 1. The molecule has 8 heteroatoms. The SMILES string of the molecule is Cn1nc(C(=O)NNC(=O)c2cccc(O)c2)c2ccccc2c1=O.